The Morgan fingerprint density at radius 1 is 1.00 bits per heavy atom. The largest absolute Gasteiger partial charge is 0.494 e. The predicted octanol–water partition coefficient (Wildman–Crippen LogP) is 4.90. The summed E-state index contributed by atoms with van der Waals surface area (Å²) >= 11 is 0. The number of aromatic nitrogens is 2. The molecule has 1 N–H and O–H groups in total. The number of ether oxygens (including phenoxy) is 1. The fraction of sp³-hybridized carbons (Fsp3) is 0.375. The predicted molar refractivity (Wildman–Crippen MR) is 113 cm³/mol. The van der Waals surface area contributed by atoms with Crippen LogP contribution in [0.3, 0.4) is 0 Å². The quantitative estimate of drug-likeness (QED) is 0.489. The van der Waals surface area contributed by atoms with Crippen LogP contribution in [0.4, 0.5) is 0 Å². The second-order valence-corrected chi connectivity index (χ2v) is 7.89. The minimum absolute atomic E-state index is 0.768. The number of nitrogens with zero attached hydrogens (tertiary/aromatic N) is 2. The molecule has 0 amide bonds. The summed E-state index contributed by atoms with van der Waals surface area (Å²) in [7, 11) is 0. The van der Waals surface area contributed by atoms with Gasteiger partial charge < -0.3 is 9.64 Å². The van der Waals surface area contributed by atoms with Crippen LogP contribution in [0.2, 0.25) is 0 Å². The van der Waals surface area contributed by atoms with Crippen LogP contribution in [0.15, 0.2) is 48.5 Å². The standard InChI is InChI=1S/C24H27N3O/c1-4-12-27(13-5-1)14-7-15-28-20-10-6-9-19(16-20)23-22-17-18-8-2-3-11-21(18)24(22)26-25-23/h2-3,6,8-11,16H,1,4-5,7,12-15,17H2,(H,25,26). The Morgan fingerprint density at radius 3 is 2.82 bits per heavy atom. The van der Waals surface area contributed by atoms with Gasteiger partial charge in [-0.1, -0.05) is 42.8 Å². The highest BCUT2D eigenvalue weighted by Gasteiger charge is 2.24. The van der Waals surface area contributed by atoms with Crippen LogP contribution in [0, 0.1) is 0 Å². The fourth-order valence-electron chi connectivity index (χ4n) is 4.50. The van der Waals surface area contributed by atoms with Gasteiger partial charge in [-0.25, -0.2) is 0 Å². The third kappa shape index (κ3) is 3.45. The molecule has 2 heterocycles. The van der Waals surface area contributed by atoms with Gasteiger partial charge in [0.05, 0.1) is 18.0 Å². The molecule has 1 fully saturated rings. The number of rotatable bonds is 6. The molecule has 2 aliphatic rings. The van der Waals surface area contributed by atoms with Crippen LogP contribution >= 0.6 is 0 Å². The summed E-state index contributed by atoms with van der Waals surface area (Å²) in [5, 5.41) is 7.87. The topological polar surface area (TPSA) is 41.1 Å². The van der Waals surface area contributed by atoms with Crippen molar-refractivity contribution in [3.63, 3.8) is 0 Å². The molecule has 2 aromatic carbocycles. The molecule has 0 unspecified atom stereocenters. The van der Waals surface area contributed by atoms with Crippen molar-refractivity contribution in [2.45, 2.75) is 32.1 Å². The Bertz CT molecular complexity index is 956. The fourth-order valence-corrected chi connectivity index (χ4v) is 4.50. The number of aromatic amines is 1. The van der Waals surface area contributed by atoms with Crippen LogP contribution in [-0.2, 0) is 6.42 Å². The first kappa shape index (κ1) is 17.5. The minimum atomic E-state index is 0.768. The third-order valence-corrected chi connectivity index (χ3v) is 5.96. The van der Waals surface area contributed by atoms with E-state index in [1.807, 2.05) is 6.07 Å². The zero-order chi connectivity index (χ0) is 18.8. The van der Waals surface area contributed by atoms with Crippen LogP contribution in [0.25, 0.3) is 22.5 Å². The summed E-state index contributed by atoms with van der Waals surface area (Å²) < 4.78 is 6.05. The van der Waals surface area contributed by atoms with Gasteiger partial charge in [-0.2, -0.15) is 5.10 Å². The number of benzene rings is 2. The molecule has 1 saturated heterocycles. The number of fused-ring (bicyclic) bond motifs is 3. The molecule has 0 bridgehead atoms. The van der Waals surface area contributed by atoms with Crippen molar-refractivity contribution in [1.82, 2.24) is 15.1 Å². The van der Waals surface area contributed by atoms with Gasteiger partial charge in [-0.3, -0.25) is 5.10 Å². The van der Waals surface area contributed by atoms with E-state index >= 15 is 0 Å². The Kier molecular flexibility index (Phi) is 4.88. The zero-order valence-electron chi connectivity index (χ0n) is 16.3. The van der Waals surface area contributed by atoms with Crippen LogP contribution in [-0.4, -0.2) is 41.3 Å². The molecule has 1 aromatic heterocycles. The van der Waals surface area contributed by atoms with Gasteiger partial charge in [0.1, 0.15) is 5.75 Å². The molecule has 0 saturated carbocycles. The van der Waals surface area contributed by atoms with Crippen molar-refractivity contribution in [1.29, 1.82) is 0 Å². The van der Waals surface area contributed by atoms with Crippen LogP contribution < -0.4 is 4.74 Å². The molecule has 0 spiro atoms. The van der Waals surface area contributed by atoms with E-state index in [1.54, 1.807) is 0 Å². The third-order valence-electron chi connectivity index (χ3n) is 5.96. The van der Waals surface area contributed by atoms with Crippen molar-refractivity contribution in [2.75, 3.05) is 26.2 Å². The maximum atomic E-state index is 6.05. The van der Waals surface area contributed by atoms with Crippen molar-refractivity contribution < 1.29 is 4.74 Å². The number of hydrogen-bond donors (Lipinski definition) is 1. The molecule has 4 heteroatoms. The monoisotopic (exact) mass is 373 g/mol. The summed E-state index contributed by atoms with van der Waals surface area (Å²) in [6.07, 6.45) is 6.11. The number of hydrogen-bond acceptors (Lipinski definition) is 3. The number of nitrogens with one attached hydrogen (secondary N) is 1. The van der Waals surface area contributed by atoms with E-state index in [-0.39, 0.29) is 0 Å². The van der Waals surface area contributed by atoms with Gasteiger partial charge in [-0.15, -0.1) is 0 Å². The molecule has 144 valence electrons. The first-order chi connectivity index (χ1) is 13.9. The van der Waals surface area contributed by atoms with Crippen molar-refractivity contribution in [2.24, 2.45) is 0 Å². The molecule has 0 radical (unpaired) electrons. The van der Waals surface area contributed by atoms with Crippen LogP contribution in [0.5, 0.6) is 5.75 Å². The normalized spacial score (nSPS) is 16.0. The summed E-state index contributed by atoms with van der Waals surface area (Å²) in [5.41, 5.74) is 7.28. The smallest absolute Gasteiger partial charge is 0.119 e. The lowest BCUT2D eigenvalue weighted by Gasteiger charge is -2.26. The SMILES string of the molecule is c1cc(OCCCN2CCCCC2)cc(-c2n[nH]c3c2Cc2ccccc2-3)c1. The maximum absolute atomic E-state index is 6.05. The maximum Gasteiger partial charge on any atom is 0.119 e. The second-order valence-electron chi connectivity index (χ2n) is 7.89. The van der Waals surface area contributed by atoms with Gasteiger partial charge in [0.25, 0.3) is 0 Å². The summed E-state index contributed by atoms with van der Waals surface area (Å²) in [6.45, 7) is 4.42. The van der Waals surface area contributed by atoms with E-state index in [9.17, 15) is 0 Å². The number of likely N-dealkylation sites (tertiary alicyclic amines) is 1. The molecule has 4 nitrogen and oxygen atoms in total. The highest BCUT2D eigenvalue weighted by molar-refractivity contribution is 5.81. The minimum Gasteiger partial charge on any atom is -0.494 e. The molecular weight excluding hydrogens is 346 g/mol. The molecular formula is C24H27N3O. The van der Waals surface area contributed by atoms with Gasteiger partial charge in [0.15, 0.2) is 0 Å². The van der Waals surface area contributed by atoms with Crippen molar-refractivity contribution in [3.05, 3.63) is 59.7 Å². The lowest BCUT2D eigenvalue weighted by atomic mass is 10.1. The van der Waals surface area contributed by atoms with Crippen LogP contribution in [0.1, 0.15) is 36.8 Å². The number of piperidine rings is 1. The molecule has 3 aromatic rings. The van der Waals surface area contributed by atoms with Crippen molar-refractivity contribution in [3.8, 4) is 28.3 Å². The van der Waals surface area contributed by atoms with Gasteiger partial charge in [-0.05, 0) is 50.0 Å². The average Bonchev–Trinajstić information content (AvgIpc) is 3.31. The van der Waals surface area contributed by atoms with E-state index in [1.165, 1.54) is 54.7 Å². The van der Waals surface area contributed by atoms with E-state index in [0.717, 1.165) is 43.0 Å². The van der Waals surface area contributed by atoms with Gasteiger partial charge in [0, 0.05) is 29.7 Å². The first-order valence-corrected chi connectivity index (χ1v) is 10.5. The Labute approximate surface area is 166 Å². The van der Waals surface area contributed by atoms with E-state index < -0.39 is 0 Å². The van der Waals surface area contributed by atoms with E-state index in [0.29, 0.717) is 0 Å². The summed E-state index contributed by atoms with van der Waals surface area (Å²) in [4.78, 5) is 2.56. The highest BCUT2D eigenvalue weighted by Crippen LogP contribution is 2.40. The lowest BCUT2D eigenvalue weighted by Crippen LogP contribution is -2.31. The lowest BCUT2D eigenvalue weighted by molar-refractivity contribution is 0.205. The van der Waals surface area contributed by atoms with E-state index in [2.05, 4.69) is 57.6 Å². The molecule has 1 aliphatic heterocycles. The average molecular weight is 374 g/mol. The highest BCUT2D eigenvalue weighted by atomic mass is 16.5. The Hall–Kier alpha value is -2.59. The summed E-state index contributed by atoms with van der Waals surface area (Å²) in [5.74, 6) is 0.934. The number of H-pyrrole nitrogens is 1. The Balaban J connectivity index is 1.25. The van der Waals surface area contributed by atoms with Crippen molar-refractivity contribution >= 4 is 0 Å². The summed E-state index contributed by atoms with van der Waals surface area (Å²) in [6, 6.07) is 16.9. The van der Waals surface area contributed by atoms with Gasteiger partial charge in [0.2, 0.25) is 0 Å². The van der Waals surface area contributed by atoms with Gasteiger partial charge >= 0.3 is 0 Å². The molecule has 5 rings (SSSR count). The van der Waals surface area contributed by atoms with E-state index in [4.69, 9.17) is 4.74 Å². The first-order valence-electron chi connectivity index (χ1n) is 10.5. The Morgan fingerprint density at radius 2 is 1.89 bits per heavy atom. The molecule has 1 aliphatic carbocycles. The zero-order valence-corrected chi connectivity index (χ0v) is 16.3. The molecule has 28 heavy (non-hydrogen) atoms. The second kappa shape index (κ2) is 7.80. The molecule has 0 atom stereocenters.